The van der Waals surface area contributed by atoms with Crippen LogP contribution in [0.15, 0.2) is 24.3 Å². The van der Waals surface area contributed by atoms with Crippen molar-refractivity contribution in [2.75, 3.05) is 13.1 Å². The van der Waals surface area contributed by atoms with E-state index in [1.807, 2.05) is 11.8 Å². The van der Waals surface area contributed by atoms with E-state index < -0.39 is 0 Å². The molecule has 17 heavy (non-hydrogen) atoms. The Labute approximate surface area is 104 Å². The van der Waals surface area contributed by atoms with Crippen molar-refractivity contribution < 1.29 is 4.79 Å². The molecule has 1 heterocycles. The van der Waals surface area contributed by atoms with E-state index in [9.17, 15) is 4.79 Å². The summed E-state index contributed by atoms with van der Waals surface area (Å²) in [5.41, 5.74) is 2.75. The van der Waals surface area contributed by atoms with Crippen LogP contribution < -0.4 is 0 Å². The number of benzene rings is 1. The maximum Gasteiger partial charge on any atom is 0.222 e. The molecular formula is C15H21NO. The van der Waals surface area contributed by atoms with E-state index in [1.165, 1.54) is 11.1 Å². The molecule has 2 heteroatoms. The third-order valence-electron chi connectivity index (χ3n) is 3.61. The molecule has 0 radical (unpaired) electrons. The highest BCUT2D eigenvalue weighted by Crippen LogP contribution is 2.28. The fourth-order valence-electron chi connectivity index (χ4n) is 2.27. The van der Waals surface area contributed by atoms with Gasteiger partial charge in [-0.1, -0.05) is 45.0 Å². The highest BCUT2D eigenvalue weighted by molar-refractivity contribution is 5.77. The van der Waals surface area contributed by atoms with Crippen molar-refractivity contribution in [3.63, 3.8) is 0 Å². The van der Waals surface area contributed by atoms with E-state index in [2.05, 4.69) is 38.1 Å². The van der Waals surface area contributed by atoms with Crippen LogP contribution in [0.1, 0.15) is 50.2 Å². The summed E-state index contributed by atoms with van der Waals surface area (Å²) in [6, 6.07) is 8.86. The van der Waals surface area contributed by atoms with Gasteiger partial charge >= 0.3 is 0 Å². The molecule has 1 aromatic rings. The van der Waals surface area contributed by atoms with Crippen molar-refractivity contribution in [3.05, 3.63) is 35.4 Å². The van der Waals surface area contributed by atoms with Gasteiger partial charge in [-0.15, -0.1) is 0 Å². The molecule has 0 atom stereocenters. The first-order valence-corrected chi connectivity index (χ1v) is 6.49. The highest BCUT2D eigenvalue weighted by atomic mass is 16.2. The van der Waals surface area contributed by atoms with E-state index in [0.29, 0.717) is 18.3 Å². The maximum atomic E-state index is 11.4. The predicted octanol–water partition coefficient (Wildman–Crippen LogP) is 3.15. The predicted molar refractivity (Wildman–Crippen MR) is 70.1 cm³/mol. The molecule has 92 valence electrons. The summed E-state index contributed by atoms with van der Waals surface area (Å²) >= 11 is 0. The minimum Gasteiger partial charge on any atom is -0.341 e. The molecule has 0 saturated carbocycles. The molecule has 0 aromatic heterocycles. The number of carbonyl (C=O) groups excluding carboxylic acids is 1. The van der Waals surface area contributed by atoms with Gasteiger partial charge in [0.05, 0.1) is 0 Å². The van der Waals surface area contributed by atoms with Crippen LogP contribution in [0.25, 0.3) is 0 Å². The smallest absolute Gasteiger partial charge is 0.222 e. The molecule has 1 aromatic carbocycles. The molecule has 1 amide bonds. The summed E-state index contributed by atoms with van der Waals surface area (Å²) < 4.78 is 0. The van der Waals surface area contributed by atoms with E-state index in [0.717, 1.165) is 13.1 Å². The zero-order valence-corrected chi connectivity index (χ0v) is 10.9. The molecule has 2 rings (SSSR count). The van der Waals surface area contributed by atoms with Gasteiger partial charge < -0.3 is 4.90 Å². The Balaban J connectivity index is 1.95. The molecule has 1 aliphatic rings. The third kappa shape index (κ3) is 2.51. The molecule has 2 nitrogen and oxygen atoms in total. The van der Waals surface area contributed by atoms with Crippen LogP contribution in [0.5, 0.6) is 0 Å². The zero-order chi connectivity index (χ0) is 12.4. The van der Waals surface area contributed by atoms with Gasteiger partial charge in [0.2, 0.25) is 5.91 Å². The molecule has 0 N–H and O–H groups in total. The SMILES string of the molecule is CCC(=O)N1CC(c2ccc(C(C)C)cc2)C1. The van der Waals surface area contributed by atoms with Gasteiger partial charge in [0.25, 0.3) is 0 Å². The molecule has 0 unspecified atom stereocenters. The molecule has 1 aliphatic heterocycles. The van der Waals surface area contributed by atoms with Gasteiger partial charge in [0, 0.05) is 25.4 Å². The van der Waals surface area contributed by atoms with Crippen molar-refractivity contribution in [1.29, 1.82) is 0 Å². The normalized spacial score (nSPS) is 16.1. The molecule has 1 saturated heterocycles. The van der Waals surface area contributed by atoms with Crippen LogP contribution in [-0.4, -0.2) is 23.9 Å². The Morgan fingerprint density at radius 3 is 2.35 bits per heavy atom. The first kappa shape index (κ1) is 12.2. The summed E-state index contributed by atoms with van der Waals surface area (Å²) in [6.07, 6.45) is 0.624. The summed E-state index contributed by atoms with van der Waals surface area (Å²) in [4.78, 5) is 13.4. The van der Waals surface area contributed by atoms with Crippen LogP contribution >= 0.6 is 0 Å². The van der Waals surface area contributed by atoms with Gasteiger partial charge in [-0.05, 0) is 17.0 Å². The molecular weight excluding hydrogens is 210 g/mol. The highest BCUT2D eigenvalue weighted by Gasteiger charge is 2.30. The fourth-order valence-corrected chi connectivity index (χ4v) is 2.27. The monoisotopic (exact) mass is 231 g/mol. The third-order valence-corrected chi connectivity index (χ3v) is 3.61. The van der Waals surface area contributed by atoms with Crippen LogP contribution in [-0.2, 0) is 4.79 Å². The number of nitrogens with zero attached hydrogens (tertiary/aromatic N) is 1. The second-order valence-electron chi connectivity index (χ2n) is 5.17. The topological polar surface area (TPSA) is 20.3 Å². The maximum absolute atomic E-state index is 11.4. The van der Waals surface area contributed by atoms with Gasteiger partial charge in [0.1, 0.15) is 0 Å². The van der Waals surface area contributed by atoms with Crippen LogP contribution in [0.3, 0.4) is 0 Å². The molecule has 0 aliphatic carbocycles. The van der Waals surface area contributed by atoms with Gasteiger partial charge in [-0.25, -0.2) is 0 Å². The van der Waals surface area contributed by atoms with Gasteiger partial charge in [-0.3, -0.25) is 4.79 Å². The quantitative estimate of drug-likeness (QED) is 0.782. The second kappa shape index (κ2) is 4.91. The van der Waals surface area contributed by atoms with Gasteiger partial charge in [0.15, 0.2) is 0 Å². The number of rotatable bonds is 3. The number of hydrogen-bond acceptors (Lipinski definition) is 1. The lowest BCUT2D eigenvalue weighted by Gasteiger charge is -2.39. The average molecular weight is 231 g/mol. The lowest BCUT2D eigenvalue weighted by atomic mass is 9.89. The number of carbonyl (C=O) groups is 1. The van der Waals surface area contributed by atoms with Crippen LogP contribution in [0.4, 0.5) is 0 Å². The van der Waals surface area contributed by atoms with Crippen molar-refractivity contribution in [2.45, 2.75) is 39.0 Å². The Morgan fingerprint density at radius 1 is 1.29 bits per heavy atom. The molecule has 0 spiro atoms. The van der Waals surface area contributed by atoms with Crippen LogP contribution in [0.2, 0.25) is 0 Å². The number of hydrogen-bond donors (Lipinski definition) is 0. The molecule has 0 bridgehead atoms. The Kier molecular flexibility index (Phi) is 3.51. The summed E-state index contributed by atoms with van der Waals surface area (Å²) in [5, 5.41) is 0. The van der Waals surface area contributed by atoms with Crippen molar-refractivity contribution in [2.24, 2.45) is 0 Å². The minimum atomic E-state index is 0.278. The summed E-state index contributed by atoms with van der Waals surface area (Å²) in [7, 11) is 0. The summed E-state index contributed by atoms with van der Waals surface area (Å²) in [5.74, 6) is 1.41. The standard InChI is InChI=1S/C15H21NO/c1-4-15(17)16-9-14(10-16)13-7-5-12(6-8-13)11(2)3/h5-8,11,14H,4,9-10H2,1-3H3. The van der Waals surface area contributed by atoms with Crippen molar-refractivity contribution in [1.82, 2.24) is 4.90 Å². The van der Waals surface area contributed by atoms with Crippen LogP contribution in [0, 0.1) is 0 Å². The first-order valence-electron chi connectivity index (χ1n) is 6.49. The Hall–Kier alpha value is -1.31. The lowest BCUT2D eigenvalue weighted by Crippen LogP contribution is -2.48. The number of amides is 1. The van der Waals surface area contributed by atoms with Crippen molar-refractivity contribution >= 4 is 5.91 Å². The Morgan fingerprint density at radius 2 is 1.88 bits per heavy atom. The van der Waals surface area contributed by atoms with Gasteiger partial charge in [-0.2, -0.15) is 0 Å². The van der Waals surface area contributed by atoms with E-state index in [4.69, 9.17) is 0 Å². The lowest BCUT2D eigenvalue weighted by molar-refractivity contribution is -0.135. The van der Waals surface area contributed by atoms with E-state index in [-0.39, 0.29) is 5.91 Å². The molecule has 1 fully saturated rings. The largest absolute Gasteiger partial charge is 0.341 e. The average Bonchev–Trinajstić information content (AvgIpc) is 2.27. The van der Waals surface area contributed by atoms with Crippen molar-refractivity contribution in [3.8, 4) is 0 Å². The fraction of sp³-hybridized carbons (Fsp3) is 0.533. The number of likely N-dealkylation sites (tertiary alicyclic amines) is 1. The second-order valence-corrected chi connectivity index (χ2v) is 5.17. The minimum absolute atomic E-state index is 0.278. The van der Waals surface area contributed by atoms with E-state index >= 15 is 0 Å². The first-order chi connectivity index (χ1) is 8.11. The summed E-state index contributed by atoms with van der Waals surface area (Å²) in [6.45, 7) is 8.13. The zero-order valence-electron chi connectivity index (χ0n) is 10.9. The Bertz CT molecular complexity index is 388. The van der Waals surface area contributed by atoms with E-state index in [1.54, 1.807) is 0 Å².